The molecule has 0 heterocycles. The number of benzene rings is 2. The number of hydrogen-bond donors (Lipinski definition) is 3. The van der Waals surface area contributed by atoms with Gasteiger partial charge in [0.15, 0.2) is 5.75 Å². The maximum Gasteiger partial charge on any atom is 0.255 e. The van der Waals surface area contributed by atoms with E-state index in [0.717, 1.165) is 6.42 Å². The van der Waals surface area contributed by atoms with E-state index >= 15 is 0 Å². The van der Waals surface area contributed by atoms with E-state index in [2.05, 4.69) is 11.4 Å². The van der Waals surface area contributed by atoms with Gasteiger partial charge in [0.1, 0.15) is 0 Å². The molecule has 20 heavy (non-hydrogen) atoms. The summed E-state index contributed by atoms with van der Waals surface area (Å²) in [6.07, 6.45) is 0.747. The molecule has 2 rings (SSSR count). The molecule has 0 bridgehead atoms. The second-order valence-corrected chi connectivity index (χ2v) is 4.74. The first kappa shape index (κ1) is 13.9. The van der Waals surface area contributed by atoms with Crippen LogP contribution in [0.15, 0.2) is 42.5 Å². The lowest BCUT2D eigenvalue weighted by Crippen LogP contribution is -2.25. The van der Waals surface area contributed by atoms with Crippen LogP contribution in [0.1, 0.15) is 21.5 Å². The third kappa shape index (κ3) is 3.29. The summed E-state index contributed by atoms with van der Waals surface area (Å²) in [5.74, 6) is -0.483. The molecule has 1 amide bonds. The van der Waals surface area contributed by atoms with Gasteiger partial charge in [-0.25, -0.2) is 0 Å². The van der Waals surface area contributed by atoms with Crippen molar-refractivity contribution in [2.24, 2.45) is 0 Å². The Morgan fingerprint density at radius 3 is 2.75 bits per heavy atom. The summed E-state index contributed by atoms with van der Waals surface area (Å²) in [6.45, 7) is 2.55. The quantitative estimate of drug-likeness (QED) is 0.589. The Hall–Kier alpha value is -2.49. The van der Waals surface area contributed by atoms with E-state index < -0.39 is 0 Å². The minimum Gasteiger partial charge on any atom is -0.505 e. The van der Waals surface area contributed by atoms with Crippen LogP contribution in [-0.4, -0.2) is 17.6 Å². The van der Waals surface area contributed by atoms with Crippen molar-refractivity contribution in [2.75, 3.05) is 12.3 Å². The molecule has 0 saturated heterocycles. The third-order valence-electron chi connectivity index (χ3n) is 3.09. The number of nitrogens with one attached hydrogen (secondary N) is 1. The van der Waals surface area contributed by atoms with Gasteiger partial charge in [0.25, 0.3) is 5.91 Å². The molecule has 0 fully saturated rings. The Bertz CT molecular complexity index is 624. The zero-order valence-corrected chi connectivity index (χ0v) is 11.4. The summed E-state index contributed by atoms with van der Waals surface area (Å²) in [7, 11) is 0. The first-order valence-corrected chi connectivity index (χ1v) is 6.49. The molecule has 0 saturated carbocycles. The minimum absolute atomic E-state index is 0.166. The molecule has 0 radical (unpaired) electrons. The SMILES string of the molecule is Cc1cccc(CCNC(=O)c2cccc(N)c2O)c1. The fourth-order valence-electron chi connectivity index (χ4n) is 2.03. The molecule has 2 aromatic carbocycles. The molecule has 0 aliphatic heterocycles. The van der Waals surface area contributed by atoms with Gasteiger partial charge in [0.2, 0.25) is 0 Å². The van der Waals surface area contributed by atoms with E-state index in [1.165, 1.54) is 11.1 Å². The highest BCUT2D eigenvalue weighted by Crippen LogP contribution is 2.23. The number of phenols is 1. The van der Waals surface area contributed by atoms with Gasteiger partial charge in [0, 0.05) is 6.54 Å². The zero-order valence-electron chi connectivity index (χ0n) is 11.4. The number of aryl methyl sites for hydroxylation is 1. The minimum atomic E-state index is -0.317. The maximum absolute atomic E-state index is 11.9. The monoisotopic (exact) mass is 270 g/mol. The summed E-state index contributed by atoms with van der Waals surface area (Å²) >= 11 is 0. The number of phenolic OH excluding ortho intramolecular Hbond substituents is 1. The van der Waals surface area contributed by atoms with Crippen molar-refractivity contribution >= 4 is 11.6 Å². The van der Waals surface area contributed by atoms with Crippen molar-refractivity contribution in [1.82, 2.24) is 5.32 Å². The molecule has 0 atom stereocenters. The van der Waals surface area contributed by atoms with Crippen LogP contribution in [0.5, 0.6) is 5.75 Å². The van der Waals surface area contributed by atoms with E-state index in [-0.39, 0.29) is 22.9 Å². The van der Waals surface area contributed by atoms with Crippen molar-refractivity contribution in [3.05, 3.63) is 59.2 Å². The first-order valence-electron chi connectivity index (χ1n) is 6.49. The van der Waals surface area contributed by atoms with Crippen molar-refractivity contribution in [3.8, 4) is 5.75 Å². The van der Waals surface area contributed by atoms with Gasteiger partial charge in [-0.15, -0.1) is 0 Å². The number of aromatic hydroxyl groups is 1. The number of carbonyl (C=O) groups is 1. The fraction of sp³-hybridized carbons (Fsp3) is 0.188. The van der Waals surface area contributed by atoms with Gasteiger partial charge < -0.3 is 16.2 Å². The topological polar surface area (TPSA) is 75.4 Å². The van der Waals surface area contributed by atoms with Gasteiger partial charge in [-0.2, -0.15) is 0 Å². The van der Waals surface area contributed by atoms with Crippen LogP contribution in [0.3, 0.4) is 0 Å². The van der Waals surface area contributed by atoms with Crippen LogP contribution in [0.4, 0.5) is 5.69 Å². The van der Waals surface area contributed by atoms with E-state index in [1.54, 1.807) is 18.2 Å². The molecule has 4 nitrogen and oxygen atoms in total. The Labute approximate surface area is 118 Å². The second-order valence-electron chi connectivity index (χ2n) is 4.74. The second kappa shape index (κ2) is 6.10. The molecule has 0 aromatic heterocycles. The highest BCUT2D eigenvalue weighted by molar-refractivity contribution is 5.98. The summed E-state index contributed by atoms with van der Waals surface area (Å²) in [6, 6.07) is 12.9. The lowest BCUT2D eigenvalue weighted by molar-refractivity contribution is 0.0951. The number of amides is 1. The predicted molar refractivity (Wildman–Crippen MR) is 79.7 cm³/mol. The van der Waals surface area contributed by atoms with E-state index in [9.17, 15) is 9.90 Å². The molecule has 0 aliphatic rings. The summed E-state index contributed by atoms with van der Waals surface area (Å²) in [5, 5.41) is 12.5. The van der Waals surface area contributed by atoms with Crippen LogP contribution in [0.25, 0.3) is 0 Å². The molecule has 0 aliphatic carbocycles. The Kier molecular flexibility index (Phi) is 4.25. The van der Waals surface area contributed by atoms with Crippen molar-refractivity contribution in [1.29, 1.82) is 0 Å². The summed E-state index contributed by atoms with van der Waals surface area (Å²) in [5.41, 5.74) is 8.34. The lowest BCUT2D eigenvalue weighted by Gasteiger charge is -2.08. The molecule has 4 heteroatoms. The van der Waals surface area contributed by atoms with Crippen LogP contribution < -0.4 is 11.1 Å². The fourth-order valence-corrected chi connectivity index (χ4v) is 2.03. The van der Waals surface area contributed by atoms with E-state index in [0.29, 0.717) is 6.54 Å². The number of carbonyl (C=O) groups excluding carboxylic acids is 1. The van der Waals surface area contributed by atoms with Gasteiger partial charge in [-0.3, -0.25) is 4.79 Å². The molecule has 0 spiro atoms. The number of rotatable bonds is 4. The normalized spacial score (nSPS) is 10.2. The van der Waals surface area contributed by atoms with E-state index in [4.69, 9.17) is 5.73 Å². The molecule has 0 unspecified atom stereocenters. The molecule has 4 N–H and O–H groups in total. The highest BCUT2D eigenvalue weighted by Gasteiger charge is 2.12. The number of nitrogens with two attached hydrogens (primary N) is 1. The van der Waals surface area contributed by atoms with Crippen molar-refractivity contribution < 1.29 is 9.90 Å². The predicted octanol–water partition coefficient (Wildman–Crippen LogP) is 2.26. The zero-order chi connectivity index (χ0) is 14.5. The van der Waals surface area contributed by atoms with Gasteiger partial charge in [0.05, 0.1) is 11.3 Å². The third-order valence-corrected chi connectivity index (χ3v) is 3.09. The van der Waals surface area contributed by atoms with Gasteiger partial charge >= 0.3 is 0 Å². The van der Waals surface area contributed by atoms with Gasteiger partial charge in [-0.1, -0.05) is 35.9 Å². The number of anilines is 1. The largest absolute Gasteiger partial charge is 0.505 e. The lowest BCUT2D eigenvalue weighted by atomic mass is 10.1. The summed E-state index contributed by atoms with van der Waals surface area (Å²) in [4.78, 5) is 11.9. The maximum atomic E-state index is 11.9. The number of hydrogen-bond acceptors (Lipinski definition) is 3. The van der Waals surface area contributed by atoms with Crippen molar-refractivity contribution in [2.45, 2.75) is 13.3 Å². The Balaban J connectivity index is 1.94. The summed E-state index contributed by atoms with van der Waals surface area (Å²) < 4.78 is 0. The standard InChI is InChI=1S/C16H18N2O2/c1-11-4-2-5-12(10-11)8-9-18-16(20)13-6-3-7-14(17)15(13)19/h2-7,10,19H,8-9,17H2,1H3,(H,18,20). The Morgan fingerprint density at radius 1 is 1.25 bits per heavy atom. The van der Waals surface area contributed by atoms with Crippen LogP contribution in [-0.2, 0) is 6.42 Å². The molecule has 104 valence electrons. The first-order chi connectivity index (χ1) is 9.58. The van der Waals surface area contributed by atoms with Crippen LogP contribution in [0.2, 0.25) is 0 Å². The van der Waals surface area contributed by atoms with Gasteiger partial charge in [-0.05, 0) is 31.0 Å². The average molecular weight is 270 g/mol. The number of nitrogen functional groups attached to an aromatic ring is 1. The highest BCUT2D eigenvalue weighted by atomic mass is 16.3. The molecule has 2 aromatic rings. The van der Waals surface area contributed by atoms with Crippen LogP contribution in [0, 0.1) is 6.92 Å². The Morgan fingerprint density at radius 2 is 2.00 bits per heavy atom. The van der Waals surface area contributed by atoms with E-state index in [1.807, 2.05) is 25.1 Å². The van der Waals surface area contributed by atoms with Crippen LogP contribution >= 0.6 is 0 Å². The number of para-hydroxylation sites is 1. The molecular formula is C16H18N2O2. The smallest absolute Gasteiger partial charge is 0.255 e. The molecular weight excluding hydrogens is 252 g/mol. The average Bonchev–Trinajstić information content (AvgIpc) is 2.42. The van der Waals surface area contributed by atoms with Crippen molar-refractivity contribution in [3.63, 3.8) is 0 Å².